The summed E-state index contributed by atoms with van der Waals surface area (Å²) in [6, 6.07) is 0. The van der Waals surface area contributed by atoms with Gasteiger partial charge in [-0.25, -0.2) is 4.98 Å². The number of nitrogens with one attached hydrogen (secondary N) is 1. The van der Waals surface area contributed by atoms with Crippen LogP contribution in [0.25, 0.3) is 0 Å². The quantitative estimate of drug-likeness (QED) is 0.735. The lowest BCUT2D eigenvalue weighted by Gasteiger charge is -2.24. The lowest BCUT2D eigenvalue weighted by atomic mass is 10.0. The van der Waals surface area contributed by atoms with Crippen LogP contribution in [-0.2, 0) is 0 Å². The fraction of sp³-hybridized carbons (Fsp3) is 0.500. The Hall–Kier alpha value is -0.250. The first-order chi connectivity index (χ1) is 4.47. The minimum atomic E-state index is 0. The van der Waals surface area contributed by atoms with E-state index in [9.17, 15) is 0 Å². The molecular weight excluding hydrogens is 187 g/mol. The molecule has 11 heavy (non-hydrogen) atoms. The van der Waals surface area contributed by atoms with E-state index < -0.39 is 0 Å². The molecule has 0 saturated carbocycles. The zero-order valence-corrected chi connectivity index (χ0v) is 7.45. The second kappa shape index (κ2) is 4.59. The first-order valence-electron chi connectivity index (χ1n) is 3.06. The Kier molecular flexibility index (Phi) is 4.49. The molecule has 64 valence electrons. The second-order valence-electron chi connectivity index (χ2n) is 2.26. The van der Waals surface area contributed by atoms with Crippen molar-refractivity contribution in [3.05, 3.63) is 18.4 Å². The van der Waals surface area contributed by atoms with Gasteiger partial charge in [-0.05, 0) is 0 Å². The highest BCUT2D eigenvalue weighted by Crippen LogP contribution is 2.17. The highest BCUT2D eigenvalue weighted by Gasteiger charge is 2.21. The van der Waals surface area contributed by atoms with Crippen LogP contribution in [0.2, 0.25) is 0 Å². The zero-order chi connectivity index (χ0) is 6.10. The average molecular weight is 197 g/mol. The summed E-state index contributed by atoms with van der Waals surface area (Å²) in [6.45, 7) is 2.07. The molecule has 0 unspecified atom stereocenters. The van der Waals surface area contributed by atoms with E-state index in [2.05, 4.69) is 10.3 Å². The Morgan fingerprint density at radius 1 is 1.45 bits per heavy atom. The van der Waals surface area contributed by atoms with Gasteiger partial charge in [0.05, 0.1) is 6.20 Å². The smallest absolute Gasteiger partial charge is 0.180 e. The van der Waals surface area contributed by atoms with Crippen molar-refractivity contribution in [2.45, 2.75) is 5.92 Å². The molecule has 0 spiro atoms. The van der Waals surface area contributed by atoms with Gasteiger partial charge < -0.3 is 9.73 Å². The molecule has 0 amide bonds. The van der Waals surface area contributed by atoms with Gasteiger partial charge in [0, 0.05) is 19.0 Å². The van der Waals surface area contributed by atoms with Crippen LogP contribution >= 0.6 is 24.8 Å². The monoisotopic (exact) mass is 196 g/mol. The minimum Gasteiger partial charge on any atom is -0.448 e. The number of nitrogens with zero attached hydrogens (tertiary/aromatic N) is 1. The molecule has 1 aromatic heterocycles. The molecule has 0 aliphatic carbocycles. The van der Waals surface area contributed by atoms with E-state index in [0.717, 1.165) is 18.8 Å². The van der Waals surface area contributed by atoms with Crippen LogP contribution in [0.3, 0.4) is 0 Å². The van der Waals surface area contributed by atoms with Gasteiger partial charge in [0.1, 0.15) is 5.76 Å². The van der Waals surface area contributed by atoms with E-state index in [1.165, 1.54) is 6.39 Å². The summed E-state index contributed by atoms with van der Waals surface area (Å²) in [5.74, 6) is 1.58. The molecule has 0 radical (unpaired) electrons. The van der Waals surface area contributed by atoms with Gasteiger partial charge >= 0.3 is 0 Å². The minimum absolute atomic E-state index is 0. The van der Waals surface area contributed by atoms with Crippen molar-refractivity contribution < 1.29 is 4.42 Å². The standard InChI is InChI=1S/C6H8N2O.2ClH/c1-5(2-7-1)6-3-8-4-9-6;;/h3-5,7H,1-2H2;2*1H. The van der Waals surface area contributed by atoms with Crippen molar-refractivity contribution in [1.29, 1.82) is 0 Å². The highest BCUT2D eigenvalue weighted by molar-refractivity contribution is 5.85. The van der Waals surface area contributed by atoms with E-state index in [4.69, 9.17) is 4.42 Å². The van der Waals surface area contributed by atoms with Crippen molar-refractivity contribution in [3.8, 4) is 0 Å². The lowest BCUT2D eigenvalue weighted by Crippen LogP contribution is -2.39. The molecule has 1 aliphatic heterocycles. The summed E-state index contributed by atoms with van der Waals surface area (Å²) in [7, 11) is 0. The van der Waals surface area contributed by atoms with Crippen LogP contribution in [0.4, 0.5) is 0 Å². The molecule has 0 bridgehead atoms. The Morgan fingerprint density at radius 2 is 2.18 bits per heavy atom. The third kappa shape index (κ3) is 2.09. The van der Waals surface area contributed by atoms with Crippen molar-refractivity contribution in [2.75, 3.05) is 13.1 Å². The predicted molar refractivity (Wildman–Crippen MR) is 46.6 cm³/mol. The maximum absolute atomic E-state index is 5.09. The van der Waals surface area contributed by atoms with Crippen LogP contribution in [0, 0.1) is 0 Å². The molecule has 1 N–H and O–H groups in total. The molecule has 1 aromatic rings. The molecule has 1 saturated heterocycles. The summed E-state index contributed by atoms with van der Waals surface area (Å²) in [6.07, 6.45) is 3.26. The van der Waals surface area contributed by atoms with Gasteiger partial charge in [-0.15, -0.1) is 24.8 Å². The normalized spacial score (nSPS) is 16.0. The van der Waals surface area contributed by atoms with E-state index >= 15 is 0 Å². The number of hydrogen-bond donors (Lipinski definition) is 1. The van der Waals surface area contributed by atoms with Crippen molar-refractivity contribution in [3.63, 3.8) is 0 Å². The maximum atomic E-state index is 5.09. The van der Waals surface area contributed by atoms with E-state index in [1.807, 2.05) is 0 Å². The molecule has 5 heteroatoms. The van der Waals surface area contributed by atoms with Gasteiger partial charge in [0.15, 0.2) is 6.39 Å². The van der Waals surface area contributed by atoms with Crippen LogP contribution in [0.15, 0.2) is 17.0 Å². The fourth-order valence-electron chi connectivity index (χ4n) is 0.917. The fourth-order valence-corrected chi connectivity index (χ4v) is 0.917. The molecule has 1 fully saturated rings. The van der Waals surface area contributed by atoms with Gasteiger partial charge in [-0.3, -0.25) is 0 Å². The Morgan fingerprint density at radius 3 is 2.55 bits per heavy atom. The number of oxazole rings is 1. The summed E-state index contributed by atoms with van der Waals surface area (Å²) in [4.78, 5) is 3.83. The van der Waals surface area contributed by atoms with Crippen LogP contribution in [-0.4, -0.2) is 18.1 Å². The predicted octanol–water partition coefficient (Wildman–Crippen LogP) is 1.20. The zero-order valence-electron chi connectivity index (χ0n) is 5.82. The molecule has 1 aliphatic rings. The SMILES string of the molecule is Cl.Cl.c1ncc(C2CNC2)o1. The Labute approximate surface area is 77.4 Å². The number of aromatic nitrogens is 1. The van der Waals surface area contributed by atoms with Gasteiger partial charge in [0.2, 0.25) is 0 Å². The number of halogens is 2. The molecule has 2 rings (SSSR count). The third-order valence-corrected chi connectivity index (χ3v) is 1.64. The average Bonchev–Trinajstić information content (AvgIpc) is 2.11. The van der Waals surface area contributed by atoms with Gasteiger partial charge in [-0.1, -0.05) is 0 Å². The molecule has 0 aromatic carbocycles. The van der Waals surface area contributed by atoms with Crippen molar-refractivity contribution in [1.82, 2.24) is 10.3 Å². The van der Waals surface area contributed by atoms with E-state index in [-0.39, 0.29) is 24.8 Å². The first-order valence-corrected chi connectivity index (χ1v) is 3.06. The van der Waals surface area contributed by atoms with Crippen LogP contribution in [0.1, 0.15) is 11.7 Å². The number of hydrogen-bond acceptors (Lipinski definition) is 3. The van der Waals surface area contributed by atoms with Crippen molar-refractivity contribution in [2.24, 2.45) is 0 Å². The van der Waals surface area contributed by atoms with Gasteiger partial charge in [0.25, 0.3) is 0 Å². The Bertz CT molecular complexity index is 186. The van der Waals surface area contributed by atoms with Crippen LogP contribution in [0.5, 0.6) is 0 Å². The second-order valence-corrected chi connectivity index (χ2v) is 2.26. The largest absolute Gasteiger partial charge is 0.448 e. The molecule has 0 atom stereocenters. The lowest BCUT2D eigenvalue weighted by molar-refractivity contribution is 0.368. The molecule has 2 heterocycles. The Balaban J connectivity index is 0.000000500. The van der Waals surface area contributed by atoms with Crippen molar-refractivity contribution >= 4 is 24.8 Å². The third-order valence-electron chi connectivity index (χ3n) is 1.64. The van der Waals surface area contributed by atoms with Crippen LogP contribution < -0.4 is 5.32 Å². The van der Waals surface area contributed by atoms with E-state index in [1.54, 1.807) is 6.20 Å². The summed E-state index contributed by atoms with van der Waals surface area (Å²) >= 11 is 0. The highest BCUT2D eigenvalue weighted by atomic mass is 35.5. The van der Waals surface area contributed by atoms with Gasteiger partial charge in [-0.2, -0.15) is 0 Å². The summed E-state index contributed by atoms with van der Waals surface area (Å²) in [5, 5.41) is 3.16. The summed E-state index contributed by atoms with van der Waals surface area (Å²) < 4.78 is 5.09. The maximum Gasteiger partial charge on any atom is 0.180 e. The summed E-state index contributed by atoms with van der Waals surface area (Å²) in [5.41, 5.74) is 0. The molecule has 3 nitrogen and oxygen atoms in total. The molecular formula is C6H10Cl2N2O. The topological polar surface area (TPSA) is 38.1 Å². The number of rotatable bonds is 1. The first kappa shape index (κ1) is 10.8. The van der Waals surface area contributed by atoms with E-state index in [0.29, 0.717) is 5.92 Å².